The predicted molar refractivity (Wildman–Crippen MR) is 79.9 cm³/mol. The van der Waals surface area contributed by atoms with Crippen molar-refractivity contribution in [1.82, 2.24) is 10.6 Å². The maximum Gasteiger partial charge on any atom is 0.0468 e. The lowest BCUT2D eigenvalue weighted by atomic mass is 9.79. The van der Waals surface area contributed by atoms with Crippen LogP contribution in [0.15, 0.2) is 11.4 Å². The number of nitrogens with one attached hydrogen (secondary N) is 2. The Bertz CT molecular complexity index is 393. The molecule has 1 saturated heterocycles. The summed E-state index contributed by atoms with van der Waals surface area (Å²) in [6.45, 7) is 10.0. The van der Waals surface area contributed by atoms with E-state index in [9.17, 15) is 0 Å². The summed E-state index contributed by atoms with van der Waals surface area (Å²) < 4.78 is 0. The molecular weight excluding hydrogens is 242 g/mol. The summed E-state index contributed by atoms with van der Waals surface area (Å²) >= 11 is 1.73. The van der Waals surface area contributed by atoms with E-state index in [-0.39, 0.29) is 11.1 Å². The molecule has 0 atom stereocenters. The van der Waals surface area contributed by atoms with Gasteiger partial charge in [0.25, 0.3) is 0 Å². The second-order valence-electron chi connectivity index (χ2n) is 6.68. The van der Waals surface area contributed by atoms with Crippen LogP contribution >= 0.6 is 11.3 Å². The van der Waals surface area contributed by atoms with Crippen LogP contribution in [0.5, 0.6) is 0 Å². The third-order valence-corrected chi connectivity index (χ3v) is 4.46. The molecule has 0 spiro atoms. The minimum atomic E-state index is 0.195. The van der Waals surface area contributed by atoms with E-state index in [2.05, 4.69) is 43.7 Å². The molecule has 0 aromatic carbocycles. The number of piperidine rings is 1. The Balaban J connectivity index is 1.95. The van der Waals surface area contributed by atoms with Crippen LogP contribution < -0.4 is 16.4 Å². The van der Waals surface area contributed by atoms with Gasteiger partial charge in [0.05, 0.1) is 0 Å². The fraction of sp³-hybridized carbons (Fsp3) is 0.714. The average Bonchev–Trinajstić information content (AvgIpc) is 2.56. The molecule has 0 bridgehead atoms. The van der Waals surface area contributed by atoms with Crippen LogP contribution in [-0.4, -0.2) is 17.1 Å². The van der Waals surface area contributed by atoms with Gasteiger partial charge in [-0.25, -0.2) is 0 Å². The monoisotopic (exact) mass is 267 g/mol. The van der Waals surface area contributed by atoms with Crippen molar-refractivity contribution < 1.29 is 0 Å². The van der Waals surface area contributed by atoms with E-state index >= 15 is 0 Å². The minimum absolute atomic E-state index is 0.195. The number of nitrogen functional groups attached to an aromatic ring is 1. The van der Waals surface area contributed by atoms with Gasteiger partial charge in [-0.1, -0.05) is 0 Å². The number of thiophene rings is 1. The van der Waals surface area contributed by atoms with Gasteiger partial charge in [-0.05, 0) is 52.0 Å². The first-order chi connectivity index (χ1) is 8.27. The van der Waals surface area contributed by atoms with E-state index < -0.39 is 0 Å². The van der Waals surface area contributed by atoms with Gasteiger partial charge in [0.15, 0.2) is 0 Å². The smallest absolute Gasteiger partial charge is 0.0468 e. The molecule has 2 heterocycles. The fourth-order valence-electron chi connectivity index (χ4n) is 3.20. The zero-order valence-electron chi connectivity index (χ0n) is 11.8. The first-order valence-electron chi connectivity index (χ1n) is 6.62. The molecule has 102 valence electrons. The van der Waals surface area contributed by atoms with Gasteiger partial charge in [-0.2, -0.15) is 0 Å². The number of hydrogen-bond acceptors (Lipinski definition) is 4. The molecule has 1 aliphatic heterocycles. The molecule has 1 aromatic heterocycles. The van der Waals surface area contributed by atoms with Crippen molar-refractivity contribution in [3.63, 3.8) is 0 Å². The fourth-order valence-corrected chi connectivity index (χ4v) is 3.95. The van der Waals surface area contributed by atoms with Gasteiger partial charge in [-0.3, -0.25) is 0 Å². The first kappa shape index (κ1) is 13.8. The lowest BCUT2D eigenvalue weighted by Gasteiger charge is -2.46. The maximum absolute atomic E-state index is 5.92. The minimum Gasteiger partial charge on any atom is -0.398 e. The Labute approximate surface area is 114 Å². The molecule has 0 unspecified atom stereocenters. The van der Waals surface area contributed by atoms with E-state index in [1.165, 1.54) is 4.88 Å². The van der Waals surface area contributed by atoms with Gasteiger partial charge in [0.2, 0.25) is 0 Å². The number of rotatable bonds is 3. The summed E-state index contributed by atoms with van der Waals surface area (Å²) in [5.74, 6) is 0. The SMILES string of the molecule is CC1(C)CC(NCc2sccc2N)CC(C)(C)N1. The van der Waals surface area contributed by atoms with Crippen LogP contribution in [0.25, 0.3) is 0 Å². The van der Waals surface area contributed by atoms with Crippen molar-refractivity contribution >= 4 is 17.0 Å². The molecule has 1 aromatic rings. The lowest BCUT2D eigenvalue weighted by Crippen LogP contribution is -2.61. The summed E-state index contributed by atoms with van der Waals surface area (Å²) in [6, 6.07) is 2.54. The highest BCUT2D eigenvalue weighted by Crippen LogP contribution is 2.29. The Kier molecular flexibility index (Phi) is 3.72. The van der Waals surface area contributed by atoms with Crippen molar-refractivity contribution in [2.24, 2.45) is 0 Å². The van der Waals surface area contributed by atoms with Gasteiger partial charge < -0.3 is 16.4 Å². The molecular formula is C14H25N3S. The largest absolute Gasteiger partial charge is 0.398 e. The molecule has 4 N–H and O–H groups in total. The van der Waals surface area contributed by atoms with E-state index in [1.54, 1.807) is 11.3 Å². The topological polar surface area (TPSA) is 50.1 Å². The van der Waals surface area contributed by atoms with Gasteiger partial charge in [0, 0.05) is 34.2 Å². The summed E-state index contributed by atoms with van der Waals surface area (Å²) in [5, 5.41) is 9.43. The maximum atomic E-state index is 5.92. The van der Waals surface area contributed by atoms with Gasteiger partial charge >= 0.3 is 0 Å². The van der Waals surface area contributed by atoms with Crippen LogP contribution in [0.4, 0.5) is 5.69 Å². The van der Waals surface area contributed by atoms with Gasteiger partial charge in [0.1, 0.15) is 0 Å². The summed E-state index contributed by atoms with van der Waals surface area (Å²) in [7, 11) is 0. The summed E-state index contributed by atoms with van der Waals surface area (Å²) in [6.07, 6.45) is 2.31. The molecule has 0 saturated carbocycles. The second kappa shape index (κ2) is 4.83. The van der Waals surface area contributed by atoms with Crippen molar-refractivity contribution in [3.05, 3.63) is 16.3 Å². The quantitative estimate of drug-likeness (QED) is 0.789. The van der Waals surface area contributed by atoms with E-state index in [4.69, 9.17) is 5.73 Å². The van der Waals surface area contributed by atoms with Crippen LogP contribution in [0.1, 0.15) is 45.4 Å². The molecule has 3 nitrogen and oxygen atoms in total. The Morgan fingerprint density at radius 1 is 1.33 bits per heavy atom. The van der Waals surface area contributed by atoms with Crippen LogP contribution in [0.3, 0.4) is 0 Å². The summed E-state index contributed by atoms with van der Waals surface area (Å²) in [4.78, 5) is 1.25. The normalized spacial score (nSPS) is 23.1. The number of anilines is 1. The Morgan fingerprint density at radius 3 is 2.44 bits per heavy atom. The number of hydrogen-bond donors (Lipinski definition) is 3. The van der Waals surface area contributed by atoms with E-state index in [0.717, 1.165) is 25.1 Å². The van der Waals surface area contributed by atoms with Crippen molar-refractivity contribution in [2.45, 2.75) is 64.2 Å². The standard InChI is InChI=1S/C14H25N3S/c1-13(2)7-10(8-14(3,4)17-13)16-9-12-11(15)5-6-18-12/h5-6,10,16-17H,7-9,15H2,1-4H3. The highest BCUT2D eigenvalue weighted by molar-refractivity contribution is 7.10. The molecule has 0 radical (unpaired) electrons. The molecule has 0 amide bonds. The lowest BCUT2D eigenvalue weighted by molar-refractivity contribution is 0.146. The van der Waals surface area contributed by atoms with Crippen LogP contribution in [-0.2, 0) is 6.54 Å². The van der Waals surface area contributed by atoms with Crippen molar-refractivity contribution in [3.8, 4) is 0 Å². The van der Waals surface area contributed by atoms with E-state index in [1.807, 2.05) is 6.07 Å². The Hall–Kier alpha value is -0.580. The molecule has 1 fully saturated rings. The highest BCUT2D eigenvalue weighted by atomic mass is 32.1. The average molecular weight is 267 g/mol. The zero-order chi connectivity index (χ0) is 13.4. The van der Waals surface area contributed by atoms with E-state index in [0.29, 0.717) is 6.04 Å². The number of nitrogens with two attached hydrogens (primary N) is 1. The van der Waals surface area contributed by atoms with Crippen LogP contribution in [0, 0.1) is 0 Å². The molecule has 1 aliphatic rings. The van der Waals surface area contributed by atoms with Crippen molar-refractivity contribution in [1.29, 1.82) is 0 Å². The molecule has 18 heavy (non-hydrogen) atoms. The van der Waals surface area contributed by atoms with Gasteiger partial charge in [-0.15, -0.1) is 11.3 Å². The van der Waals surface area contributed by atoms with Crippen molar-refractivity contribution in [2.75, 3.05) is 5.73 Å². The molecule has 4 heteroatoms. The second-order valence-corrected chi connectivity index (χ2v) is 7.68. The molecule has 0 aliphatic carbocycles. The van der Waals surface area contributed by atoms with Crippen LogP contribution in [0.2, 0.25) is 0 Å². The first-order valence-corrected chi connectivity index (χ1v) is 7.50. The molecule has 2 rings (SSSR count). The zero-order valence-corrected chi connectivity index (χ0v) is 12.7. The highest BCUT2D eigenvalue weighted by Gasteiger charge is 2.37. The predicted octanol–water partition coefficient (Wildman–Crippen LogP) is 2.73. The summed E-state index contributed by atoms with van der Waals surface area (Å²) in [5.41, 5.74) is 7.23. The third-order valence-electron chi connectivity index (χ3n) is 3.52. The third kappa shape index (κ3) is 3.46. The Morgan fingerprint density at radius 2 is 1.94 bits per heavy atom.